The Kier molecular flexibility index (Phi) is 7.10. The van der Waals surface area contributed by atoms with E-state index in [1.807, 2.05) is 42.2 Å². The van der Waals surface area contributed by atoms with E-state index in [0.29, 0.717) is 49.5 Å². The molecule has 0 unspecified atom stereocenters. The molecule has 0 bridgehead atoms. The Morgan fingerprint density at radius 1 is 1.09 bits per heavy atom. The van der Waals surface area contributed by atoms with Crippen LogP contribution in [0.15, 0.2) is 47.8 Å². The molecule has 2 fully saturated rings. The third-order valence-electron chi connectivity index (χ3n) is 6.53. The first kappa shape index (κ1) is 23.2. The Balaban J connectivity index is 1.40. The van der Waals surface area contributed by atoms with Crippen LogP contribution in [0.1, 0.15) is 39.7 Å². The second-order valence-electron chi connectivity index (χ2n) is 8.72. The minimum absolute atomic E-state index is 0.0350. The van der Waals surface area contributed by atoms with Crippen LogP contribution in [0.4, 0.5) is 5.00 Å². The first-order valence-corrected chi connectivity index (χ1v) is 13.4. The number of thiophene rings is 2. The van der Waals surface area contributed by atoms with Gasteiger partial charge < -0.3 is 15.0 Å². The third kappa shape index (κ3) is 4.81. The lowest BCUT2D eigenvalue weighted by atomic mass is 10.1. The van der Waals surface area contributed by atoms with Crippen LogP contribution in [0, 0.1) is 6.92 Å². The zero-order chi connectivity index (χ0) is 23.5. The Hall–Kier alpha value is -2.52. The van der Waals surface area contributed by atoms with Crippen molar-refractivity contribution in [3.8, 4) is 10.4 Å². The summed E-state index contributed by atoms with van der Waals surface area (Å²) in [4.78, 5) is 33.2. The van der Waals surface area contributed by atoms with E-state index in [1.54, 1.807) is 11.3 Å². The van der Waals surface area contributed by atoms with Gasteiger partial charge in [0.05, 0.1) is 25.3 Å². The molecule has 178 valence electrons. The summed E-state index contributed by atoms with van der Waals surface area (Å²) in [7, 11) is 0. The maximum atomic E-state index is 13.5. The molecule has 2 saturated heterocycles. The maximum absolute atomic E-state index is 13.5. The molecule has 34 heavy (non-hydrogen) atoms. The number of carbonyl (C=O) groups is 2. The lowest BCUT2D eigenvalue weighted by molar-refractivity contribution is -0.117. The highest BCUT2D eigenvalue weighted by atomic mass is 32.1. The first-order chi connectivity index (χ1) is 16.6. The van der Waals surface area contributed by atoms with Crippen molar-refractivity contribution in [3.05, 3.63) is 63.8 Å². The Bertz CT molecular complexity index is 1140. The Labute approximate surface area is 208 Å². The average molecular weight is 496 g/mol. The normalized spacial score (nSPS) is 18.9. The van der Waals surface area contributed by atoms with Crippen LogP contribution in [0.3, 0.4) is 0 Å². The molecule has 6 nitrogen and oxygen atoms in total. The van der Waals surface area contributed by atoms with Gasteiger partial charge in [0.15, 0.2) is 0 Å². The number of anilines is 1. The number of morpholine rings is 1. The first-order valence-electron chi connectivity index (χ1n) is 11.7. The quantitative estimate of drug-likeness (QED) is 0.521. The molecule has 0 spiro atoms. The lowest BCUT2D eigenvalue weighted by Crippen LogP contribution is -2.41. The van der Waals surface area contributed by atoms with E-state index in [2.05, 4.69) is 27.7 Å². The van der Waals surface area contributed by atoms with E-state index >= 15 is 0 Å². The summed E-state index contributed by atoms with van der Waals surface area (Å²) in [5, 5.41) is 5.85. The van der Waals surface area contributed by atoms with Crippen LogP contribution in [-0.2, 0) is 9.53 Å². The molecule has 2 aliphatic rings. The maximum Gasteiger partial charge on any atom is 0.257 e. The second kappa shape index (κ2) is 10.4. The molecule has 4 heterocycles. The average Bonchev–Trinajstić information content (AvgIpc) is 3.61. The highest BCUT2D eigenvalue weighted by Crippen LogP contribution is 2.41. The van der Waals surface area contributed by atoms with Gasteiger partial charge in [-0.25, -0.2) is 0 Å². The molecule has 0 aliphatic carbocycles. The molecule has 3 aromatic rings. The highest BCUT2D eigenvalue weighted by molar-refractivity contribution is 7.20. The van der Waals surface area contributed by atoms with Crippen LogP contribution >= 0.6 is 22.7 Å². The van der Waals surface area contributed by atoms with Crippen LogP contribution in [0.25, 0.3) is 10.4 Å². The number of hydrogen-bond donors (Lipinski definition) is 1. The topological polar surface area (TPSA) is 61.9 Å². The molecule has 0 saturated carbocycles. The monoisotopic (exact) mass is 495 g/mol. The SMILES string of the molecule is Cc1c(-c2ccccc2)sc(NC(=O)CN2CCC[C@H]2c2cccs2)c1C(=O)N1CCOCC1. The van der Waals surface area contributed by atoms with Crippen LogP contribution in [0.5, 0.6) is 0 Å². The van der Waals surface area contributed by atoms with Gasteiger partial charge in [-0.15, -0.1) is 22.7 Å². The predicted molar refractivity (Wildman–Crippen MR) is 138 cm³/mol. The van der Waals surface area contributed by atoms with Gasteiger partial charge in [-0.1, -0.05) is 36.4 Å². The molecule has 2 aromatic heterocycles. The summed E-state index contributed by atoms with van der Waals surface area (Å²) in [5.74, 6) is -0.104. The standard InChI is InChI=1S/C26H29N3O3S2/c1-18-23(26(31)28-12-14-32-15-13-28)25(34-24(18)19-7-3-2-4-8-19)27-22(30)17-29-11-5-9-20(29)21-10-6-16-33-21/h2-4,6-8,10,16,20H,5,9,11-15,17H2,1H3,(H,27,30)/t20-/m0/s1. The molecule has 1 aromatic carbocycles. The summed E-state index contributed by atoms with van der Waals surface area (Å²) in [6, 6.07) is 14.6. The van der Waals surface area contributed by atoms with Gasteiger partial charge >= 0.3 is 0 Å². The molecule has 5 rings (SSSR count). The van der Waals surface area contributed by atoms with Gasteiger partial charge in [0, 0.05) is 28.9 Å². The summed E-state index contributed by atoms with van der Waals surface area (Å²) in [6.45, 7) is 5.44. The number of carbonyl (C=O) groups excluding carboxylic acids is 2. The Morgan fingerprint density at radius 2 is 1.88 bits per heavy atom. The number of rotatable bonds is 6. The van der Waals surface area contributed by atoms with E-state index < -0.39 is 0 Å². The van der Waals surface area contributed by atoms with Crippen molar-refractivity contribution in [2.45, 2.75) is 25.8 Å². The number of likely N-dealkylation sites (tertiary alicyclic amines) is 1. The number of nitrogens with zero attached hydrogens (tertiary/aromatic N) is 2. The molecule has 1 atom stereocenters. The third-order valence-corrected chi connectivity index (χ3v) is 8.76. The molecule has 2 amide bonds. The van der Waals surface area contributed by atoms with Crippen molar-refractivity contribution >= 4 is 39.5 Å². The van der Waals surface area contributed by atoms with Crippen molar-refractivity contribution in [3.63, 3.8) is 0 Å². The fourth-order valence-electron chi connectivity index (χ4n) is 4.82. The van der Waals surface area contributed by atoms with Gasteiger partial charge in [-0.2, -0.15) is 0 Å². The summed E-state index contributed by atoms with van der Waals surface area (Å²) in [5.41, 5.74) is 2.58. The van der Waals surface area contributed by atoms with E-state index in [4.69, 9.17) is 4.74 Å². The zero-order valence-electron chi connectivity index (χ0n) is 19.3. The number of hydrogen-bond acceptors (Lipinski definition) is 6. The molecule has 2 aliphatic heterocycles. The smallest absolute Gasteiger partial charge is 0.257 e. The van der Waals surface area contributed by atoms with Crippen molar-refractivity contribution in [2.75, 3.05) is 44.7 Å². The second-order valence-corrected chi connectivity index (χ2v) is 10.7. The van der Waals surface area contributed by atoms with E-state index in [-0.39, 0.29) is 11.8 Å². The molecular formula is C26H29N3O3S2. The van der Waals surface area contributed by atoms with Gasteiger partial charge in [0.25, 0.3) is 5.91 Å². The molecular weight excluding hydrogens is 466 g/mol. The minimum Gasteiger partial charge on any atom is -0.378 e. The van der Waals surface area contributed by atoms with Crippen LogP contribution in [0.2, 0.25) is 0 Å². The van der Waals surface area contributed by atoms with Crippen molar-refractivity contribution < 1.29 is 14.3 Å². The number of nitrogens with one attached hydrogen (secondary N) is 1. The Morgan fingerprint density at radius 3 is 2.62 bits per heavy atom. The van der Waals surface area contributed by atoms with Gasteiger partial charge in [0.2, 0.25) is 5.91 Å². The van der Waals surface area contributed by atoms with Gasteiger partial charge in [-0.3, -0.25) is 14.5 Å². The summed E-state index contributed by atoms with van der Waals surface area (Å²) < 4.78 is 5.43. The van der Waals surface area contributed by atoms with Crippen molar-refractivity contribution in [1.82, 2.24) is 9.80 Å². The zero-order valence-corrected chi connectivity index (χ0v) is 20.9. The summed E-state index contributed by atoms with van der Waals surface area (Å²) >= 11 is 3.24. The molecule has 0 radical (unpaired) electrons. The van der Waals surface area contributed by atoms with Crippen molar-refractivity contribution in [2.24, 2.45) is 0 Å². The molecule has 1 N–H and O–H groups in total. The van der Waals surface area contributed by atoms with E-state index in [0.717, 1.165) is 35.4 Å². The minimum atomic E-state index is -0.0691. The van der Waals surface area contributed by atoms with Gasteiger partial charge in [0.1, 0.15) is 5.00 Å². The predicted octanol–water partition coefficient (Wildman–Crippen LogP) is 5.03. The fourth-order valence-corrected chi connectivity index (χ4v) is 6.93. The van der Waals surface area contributed by atoms with Crippen LogP contribution < -0.4 is 5.32 Å². The van der Waals surface area contributed by atoms with Gasteiger partial charge in [-0.05, 0) is 48.9 Å². The fraction of sp³-hybridized carbons (Fsp3) is 0.385. The van der Waals surface area contributed by atoms with Crippen molar-refractivity contribution in [1.29, 1.82) is 0 Å². The highest BCUT2D eigenvalue weighted by Gasteiger charge is 2.31. The largest absolute Gasteiger partial charge is 0.378 e. The number of benzene rings is 1. The number of amides is 2. The van der Waals surface area contributed by atoms with E-state index in [9.17, 15) is 9.59 Å². The van der Waals surface area contributed by atoms with E-state index in [1.165, 1.54) is 16.2 Å². The lowest BCUT2D eigenvalue weighted by Gasteiger charge is -2.27. The molecule has 8 heteroatoms. The van der Waals surface area contributed by atoms with Crippen LogP contribution in [-0.4, -0.2) is 61.0 Å². The number of ether oxygens (including phenoxy) is 1. The summed E-state index contributed by atoms with van der Waals surface area (Å²) in [6.07, 6.45) is 2.16.